The molecule has 19 heavy (non-hydrogen) atoms. The van der Waals surface area contributed by atoms with Crippen molar-refractivity contribution >= 4 is 11.6 Å². The highest BCUT2D eigenvalue weighted by Crippen LogP contribution is 2.23. The third-order valence-corrected chi connectivity index (χ3v) is 3.60. The molecule has 0 fully saturated rings. The van der Waals surface area contributed by atoms with E-state index in [1.54, 1.807) is 0 Å². The van der Waals surface area contributed by atoms with Crippen LogP contribution < -0.4 is 10.6 Å². The molecular weight excluding hydrogens is 240 g/mol. The maximum absolute atomic E-state index is 12.1. The van der Waals surface area contributed by atoms with Crippen molar-refractivity contribution in [1.82, 2.24) is 5.32 Å². The molecule has 0 bridgehead atoms. The van der Waals surface area contributed by atoms with Crippen molar-refractivity contribution in [2.45, 2.75) is 26.7 Å². The largest absolute Gasteiger partial charge is 0.396 e. The number of rotatable bonds is 5. The molecule has 0 saturated carbocycles. The fourth-order valence-corrected chi connectivity index (χ4v) is 2.24. The number of amides is 1. The summed E-state index contributed by atoms with van der Waals surface area (Å²) < 4.78 is 0. The lowest BCUT2D eigenvalue weighted by Crippen LogP contribution is -2.34. The monoisotopic (exact) mass is 262 g/mol. The highest BCUT2D eigenvalue weighted by molar-refractivity contribution is 5.95. The number of carbonyl (C=O) groups excluding carboxylic acids is 1. The van der Waals surface area contributed by atoms with Gasteiger partial charge in [0.25, 0.3) is 5.91 Å². The number of carbonyl (C=O) groups is 1. The van der Waals surface area contributed by atoms with Gasteiger partial charge in [-0.15, -0.1) is 0 Å². The second-order valence-corrected chi connectivity index (χ2v) is 5.87. The molecule has 0 aromatic heterocycles. The number of hydrogen-bond donors (Lipinski definition) is 3. The number of hydrogen-bond acceptors (Lipinski definition) is 3. The number of benzene rings is 1. The standard InChI is InChI=1S/C15H22N2O2/c1-15(2,6-8-18)10-17-14(19)12-4-3-11-5-7-16-13(11)9-12/h3-4,9,16,18H,5-8,10H2,1-2H3,(H,17,19). The van der Waals surface area contributed by atoms with Crippen LogP contribution in [0.1, 0.15) is 36.2 Å². The Hall–Kier alpha value is -1.55. The van der Waals surface area contributed by atoms with Gasteiger partial charge in [0.15, 0.2) is 0 Å². The van der Waals surface area contributed by atoms with E-state index in [-0.39, 0.29) is 17.9 Å². The molecule has 2 rings (SSSR count). The van der Waals surface area contributed by atoms with E-state index >= 15 is 0 Å². The molecule has 0 radical (unpaired) electrons. The minimum atomic E-state index is -0.0839. The Morgan fingerprint density at radius 2 is 2.26 bits per heavy atom. The van der Waals surface area contributed by atoms with Crippen LogP contribution in [0.2, 0.25) is 0 Å². The molecule has 0 saturated heterocycles. The summed E-state index contributed by atoms with van der Waals surface area (Å²) in [7, 11) is 0. The van der Waals surface area contributed by atoms with Crippen molar-refractivity contribution in [2.75, 3.05) is 25.0 Å². The molecule has 1 aliphatic heterocycles. The van der Waals surface area contributed by atoms with Gasteiger partial charge in [0.2, 0.25) is 0 Å². The van der Waals surface area contributed by atoms with Crippen LogP contribution in [0.25, 0.3) is 0 Å². The summed E-state index contributed by atoms with van der Waals surface area (Å²) in [5.41, 5.74) is 2.95. The topological polar surface area (TPSA) is 61.4 Å². The number of nitrogens with one attached hydrogen (secondary N) is 2. The van der Waals surface area contributed by atoms with E-state index < -0.39 is 0 Å². The van der Waals surface area contributed by atoms with Gasteiger partial charge in [-0.25, -0.2) is 0 Å². The Labute approximate surface area is 114 Å². The summed E-state index contributed by atoms with van der Waals surface area (Å²) in [6, 6.07) is 5.81. The normalized spacial score (nSPS) is 13.8. The van der Waals surface area contributed by atoms with Crippen LogP contribution in [-0.2, 0) is 6.42 Å². The highest BCUT2D eigenvalue weighted by Gasteiger charge is 2.19. The zero-order valence-electron chi connectivity index (χ0n) is 11.6. The smallest absolute Gasteiger partial charge is 0.251 e. The summed E-state index contributed by atoms with van der Waals surface area (Å²) in [6.45, 7) is 5.73. The van der Waals surface area contributed by atoms with Crippen molar-refractivity contribution in [3.05, 3.63) is 29.3 Å². The Morgan fingerprint density at radius 1 is 1.47 bits per heavy atom. The number of aliphatic hydroxyl groups excluding tert-OH is 1. The second-order valence-electron chi connectivity index (χ2n) is 5.87. The average Bonchev–Trinajstić information content (AvgIpc) is 2.83. The summed E-state index contributed by atoms with van der Waals surface area (Å²) in [6.07, 6.45) is 1.71. The number of fused-ring (bicyclic) bond motifs is 1. The first-order valence-corrected chi connectivity index (χ1v) is 6.78. The third-order valence-electron chi connectivity index (χ3n) is 3.60. The van der Waals surface area contributed by atoms with Crippen LogP contribution >= 0.6 is 0 Å². The van der Waals surface area contributed by atoms with E-state index in [4.69, 9.17) is 5.11 Å². The van der Waals surface area contributed by atoms with Gasteiger partial charge in [0, 0.05) is 30.9 Å². The van der Waals surface area contributed by atoms with Gasteiger partial charge in [-0.05, 0) is 36.0 Å². The predicted molar refractivity (Wildman–Crippen MR) is 76.5 cm³/mol. The average molecular weight is 262 g/mol. The van der Waals surface area contributed by atoms with Crippen LogP contribution in [-0.4, -0.2) is 30.7 Å². The number of anilines is 1. The number of aliphatic hydroxyl groups is 1. The third kappa shape index (κ3) is 3.47. The van der Waals surface area contributed by atoms with E-state index in [1.807, 2.05) is 32.0 Å². The lowest BCUT2D eigenvalue weighted by molar-refractivity contribution is 0.0928. The minimum absolute atomic E-state index is 0.0532. The maximum atomic E-state index is 12.1. The summed E-state index contributed by atoms with van der Waals surface area (Å²) in [4.78, 5) is 12.1. The highest BCUT2D eigenvalue weighted by atomic mass is 16.3. The Bertz CT molecular complexity index is 469. The van der Waals surface area contributed by atoms with Crippen LogP contribution in [0.3, 0.4) is 0 Å². The molecule has 104 valence electrons. The zero-order valence-corrected chi connectivity index (χ0v) is 11.6. The predicted octanol–water partition coefficient (Wildman–Crippen LogP) is 1.79. The molecule has 3 N–H and O–H groups in total. The lowest BCUT2D eigenvalue weighted by atomic mass is 9.89. The molecule has 4 heteroatoms. The molecule has 1 aromatic rings. The Kier molecular flexibility index (Phi) is 4.10. The molecule has 1 aromatic carbocycles. The molecule has 0 unspecified atom stereocenters. The summed E-state index contributed by atoms with van der Waals surface area (Å²) >= 11 is 0. The maximum Gasteiger partial charge on any atom is 0.251 e. The molecule has 1 heterocycles. The summed E-state index contributed by atoms with van der Waals surface area (Å²) in [5.74, 6) is -0.0532. The zero-order chi connectivity index (χ0) is 13.9. The van der Waals surface area contributed by atoms with Gasteiger partial charge in [-0.1, -0.05) is 19.9 Å². The minimum Gasteiger partial charge on any atom is -0.396 e. The van der Waals surface area contributed by atoms with Gasteiger partial charge in [-0.3, -0.25) is 4.79 Å². The molecule has 0 atom stereocenters. The van der Waals surface area contributed by atoms with Crippen molar-refractivity contribution < 1.29 is 9.90 Å². The van der Waals surface area contributed by atoms with Crippen LogP contribution in [0, 0.1) is 5.41 Å². The first-order chi connectivity index (χ1) is 9.02. The quantitative estimate of drug-likeness (QED) is 0.758. The van der Waals surface area contributed by atoms with Crippen LogP contribution in [0.5, 0.6) is 0 Å². The first kappa shape index (κ1) is 13.9. The van der Waals surface area contributed by atoms with E-state index in [1.165, 1.54) is 5.56 Å². The van der Waals surface area contributed by atoms with Gasteiger partial charge >= 0.3 is 0 Å². The van der Waals surface area contributed by atoms with E-state index in [0.717, 1.165) is 18.7 Å². The first-order valence-electron chi connectivity index (χ1n) is 6.78. The molecule has 1 aliphatic rings. The van der Waals surface area contributed by atoms with Gasteiger partial charge < -0.3 is 15.7 Å². The van der Waals surface area contributed by atoms with E-state index in [0.29, 0.717) is 18.5 Å². The second kappa shape index (κ2) is 5.61. The van der Waals surface area contributed by atoms with Gasteiger partial charge in [0.1, 0.15) is 0 Å². The SMILES string of the molecule is CC(C)(CCO)CNC(=O)c1ccc2c(c1)NCC2. The molecule has 4 nitrogen and oxygen atoms in total. The van der Waals surface area contributed by atoms with Crippen molar-refractivity contribution in [1.29, 1.82) is 0 Å². The molecule has 0 spiro atoms. The van der Waals surface area contributed by atoms with Crippen molar-refractivity contribution in [3.63, 3.8) is 0 Å². The molecular formula is C15H22N2O2. The fraction of sp³-hybridized carbons (Fsp3) is 0.533. The van der Waals surface area contributed by atoms with Crippen LogP contribution in [0.15, 0.2) is 18.2 Å². The lowest BCUT2D eigenvalue weighted by Gasteiger charge is -2.23. The fourth-order valence-electron chi connectivity index (χ4n) is 2.24. The van der Waals surface area contributed by atoms with Crippen molar-refractivity contribution in [2.24, 2.45) is 5.41 Å². The van der Waals surface area contributed by atoms with Gasteiger partial charge in [-0.2, -0.15) is 0 Å². The van der Waals surface area contributed by atoms with E-state index in [2.05, 4.69) is 10.6 Å². The Balaban J connectivity index is 1.97. The Morgan fingerprint density at radius 3 is 3.00 bits per heavy atom. The molecule has 1 amide bonds. The van der Waals surface area contributed by atoms with Gasteiger partial charge in [0.05, 0.1) is 0 Å². The van der Waals surface area contributed by atoms with E-state index in [9.17, 15) is 4.79 Å². The summed E-state index contributed by atoms with van der Waals surface area (Å²) in [5, 5.41) is 15.2. The van der Waals surface area contributed by atoms with Crippen LogP contribution in [0.4, 0.5) is 5.69 Å². The molecule has 0 aliphatic carbocycles. The van der Waals surface area contributed by atoms with Crippen molar-refractivity contribution in [3.8, 4) is 0 Å².